The second kappa shape index (κ2) is 4.59. The average Bonchev–Trinajstić information content (AvgIpc) is 2.88. The van der Waals surface area contributed by atoms with Crippen molar-refractivity contribution in [3.63, 3.8) is 0 Å². The van der Waals surface area contributed by atoms with Gasteiger partial charge in [-0.15, -0.1) is 11.3 Å². The van der Waals surface area contributed by atoms with Crippen LogP contribution < -0.4 is 4.90 Å². The zero-order valence-corrected chi connectivity index (χ0v) is 11.7. The molecule has 1 aliphatic rings. The fourth-order valence-corrected chi connectivity index (χ4v) is 3.08. The molecule has 1 aromatic carbocycles. The van der Waals surface area contributed by atoms with Crippen LogP contribution in [0, 0.1) is 0 Å². The van der Waals surface area contributed by atoms with E-state index in [0.717, 1.165) is 4.88 Å². The van der Waals surface area contributed by atoms with Gasteiger partial charge in [0.05, 0.1) is 17.8 Å². The Balaban J connectivity index is 1.99. The molecule has 7 heteroatoms. The molecule has 0 spiro atoms. The second-order valence-electron chi connectivity index (χ2n) is 3.96. The number of nitrogens with zero attached hydrogens (tertiary/aromatic N) is 2. The highest BCUT2D eigenvalue weighted by molar-refractivity contribution is 7.15. The average molecular weight is 313 g/mol. The second-order valence-corrected chi connectivity index (χ2v) is 6.10. The number of thiazole rings is 1. The van der Waals surface area contributed by atoms with Gasteiger partial charge in [0.15, 0.2) is 4.47 Å². The minimum Gasteiger partial charge on any atom is -0.299 e. The van der Waals surface area contributed by atoms with Crippen molar-refractivity contribution < 1.29 is 9.59 Å². The number of aromatic nitrogens is 1. The molecule has 0 N–H and O–H groups in total. The Bertz CT molecular complexity index is 699. The molecule has 0 fully saturated rings. The Morgan fingerprint density at radius 1 is 1.26 bits per heavy atom. The van der Waals surface area contributed by atoms with Crippen molar-refractivity contribution >= 4 is 51.9 Å². The molecule has 0 bridgehead atoms. The molecule has 2 aromatic rings. The highest BCUT2D eigenvalue weighted by Crippen LogP contribution is 2.33. The van der Waals surface area contributed by atoms with Crippen molar-refractivity contribution in [2.75, 3.05) is 4.90 Å². The minimum absolute atomic E-state index is 0.281. The third-order valence-electron chi connectivity index (χ3n) is 2.77. The number of amides is 1. The molecular weight excluding hydrogens is 307 g/mol. The van der Waals surface area contributed by atoms with Crippen LogP contribution in [0.15, 0.2) is 24.4 Å². The first-order valence-electron chi connectivity index (χ1n) is 5.32. The first-order valence-corrected chi connectivity index (χ1v) is 6.89. The van der Waals surface area contributed by atoms with Gasteiger partial charge in [0, 0.05) is 16.1 Å². The van der Waals surface area contributed by atoms with Gasteiger partial charge in [-0.25, -0.2) is 4.98 Å². The van der Waals surface area contributed by atoms with E-state index >= 15 is 0 Å². The highest BCUT2D eigenvalue weighted by atomic mass is 35.5. The van der Waals surface area contributed by atoms with Gasteiger partial charge >= 0.3 is 0 Å². The van der Waals surface area contributed by atoms with E-state index in [1.165, 1.54) is 22.3 Å². The monoisotopic (exact) mass is 312 g/mol. The van der Waals surface area contributed by atoms with Gasteiger partial charge in [-0.1, -0.05) is 23.2 Å². The predicted molar refractivity (Wildman–Crippen MR) is 74.1 cm³/mol. The van der Waals surface area contributed by atoms with Crippen LogP contribution in [0.2, 0.25) is 9.49 Å². The maximum absolute atomic E-state index is 12.0. The number of Topliss-reactive ketones (excluding diaryl/α,β-unsaturated/α-hetero) is 1. The first kappa shape index (κ1) is 12.6. The van der Waals surface area contributed by atoms with Crippen molar-refractivity contribution in [3.05, 3.63) is 44.3 Å². The molecular formula is C12H6Cl2N2O2S. The summed E-state index contributed by atoms with van der Waals surface area (Å²) in [6.45, 7) is 0.281. The Labute approximate surface area is 122 Å². The summed E-state index contributed by atoms with van der Waals surface area (Å²) >= 11 is 12.9. The highest BCUT2D eigenvalue weighted by Gasteiger charge is 2.36. The number of fused-ring (bicyclic) bond motifs is 1. The summed E-state index contributed by atoms with van der Waals surface area (Å²) in [5.74, 6) is -1.09. The number of anilines is 1. The van der Waals surface area contributed by atoms with Gasteiger partial charge in [-0.3, -0.25) is 14.5 Å². The summed E-state index contributed by atoms with van der Waals surface area (Å²) in [5, 5.41) is 0.433. The van der Waals surface area contributed by atoms with Crippen LogP contribution in [0.5, 0.6) is 0 Å². The Hall–Kier alpha value is -1.43. The van der Waals surface area contributed by atoms with Crippen LogP contribution in [0.3, 0.4) is 0 Å². The quantitative estimate of drug-likeness (QED) is 0.800. The number of ketones is 1. The number of rotatable bonds is 2. The van der Waals surface area contributed by atoms with E-state index in [1.54, 1.807) is 18.3 Å². The largest absolute Gasteiger partial charge is 0.299 e. The molecule has 1 amide bonds. The molecule has 0 radical (unpaired) electrons. The summed E-state index contributed by atoms with van der Waals surface area (Å²) in [6.07, 6.45) is 1.60. The van der Waals surface area contributed by atoms with E-state index < -0.39 is 11.7 Å². The fourth-order valence-electron chi connectivity index (χ4n) is 1.94. The lowest BCUT2D eigenvalue weighted by Crippen LogP contribution is -2.28. The van der Waals surface area contributed by atoms with Crippen LogP contribution in [-0.4, -0.2) is 16.7 Å². The molecule has 4 nitrogen and oxygen atoms in total. The van der Waals surface area contributed by atoms with E-state index in [2.05, 4.69) is 4.98 Å². The Kier molecular flexibility index (Phi) is 3.05. The van der Waals surface area contributed by atoms with Crippen molar-refractivity contribution in [3.8, 4) is 0 Å². The van der Waals surface area contributed by atoms with Crippen molar-refractivity contribution in [2.24, 2.45) is 0 Å². The summed E-state index contributed by atoms with van der Waals surface area (Å²) in [6, 6.07) is 4.83. The molecule has 1 aromatic heterocycles. The molecule has 0 unspecified atom stereocenters. The van der Waals surface area contributed by atoms with E-state index in [-0.39, 0.29) is 6.54 Å². The summed E-state index contributed by atoms with van der Waals surface area (Å²) in [4.78, 5) is 30.0. The van der Waals surface area contributed by atoms with Crippen LogP contribution in [-0.2, 0) is 11.3 Å². The van der Waals surface area contributed by atoms with Crippen LogP contribution >= 0.6 is 34.5 Å². The maximum atomic E-state index is 12.0. The maximum Gasteiger partial charge on any atom is 0.299 e. The van der Waals surface area contributed by atoms with E-state index in [0.29, 0.717) is 20.7 Å². The molecule has 0 saturated carbocycles. The molecule has 0 saturated heterocycles. The lowest BCUT2D eigenvalue weighted by molar-refractivity contribution is -0.114. The number of carbonyl (C=O) groups is 2. The smallest absolute Gasteiger partial charge is 0.299 e. The van der Waals surface area contributed by atoms with Crippen LogP contribution in [0.4, 0.5) is 5.69 Å². The van der Waals surface area contributed by atoms with Gasteiger partial charge in [0.1, 0.15) is 0 Å². The topological polar surface area (TPSA) is 50.3 Å². The van der Waals surface area contributed by atoms with Gasteiger partial charge in [-0.2, -0.15) is 0 Å². The number of halogens is 2. The van der Waals surface area contributed by atoms with E-state index in [9.17, 15) is 9.59 Å². The van der Waals surface area contributed by atoms with Gasteiger partial charge < -0.3 is 0 Å². The van der Waals surface area contributed by atoms with Gasteiger partial charge in [-0.05, 0) is 18.2 Å². The zero-order chi connectivity index (χ0) is 13.6. The number of benzene rings is 1. The molecule has 96 valence electrons. The number of hydrogen-bond acceptors (Lipinski definition) is 4. The molecule has 3 rings (SSSR count). The Morgan fingerprint density at radius 2 is 2.05 bits per heavy atom. The van der Waals surface area contributed by atoms with Gasteiger partial charge in [0.2, 0.25) is 0 Å². The van der Waals surface area contributed by atoms with Crippen LogP contribution in [0.25, 0.3) is 0 Å². The van der Waals surface area contributed by atoms with Crippen LogP contribution in [0.1, 0.15) is 15.2 Å². The molecule has 1 aliphatic heterocycles. The number of carbonyl (C=O) groups excluding carboxylic acids is 2. The minimum atomic E-state index is -0.554. The summed E-state index contributed by atoms with van der Waals surface area (Å²) in [7, 11) is 0. The third-order valence-corrected chi connectivity index (χ3v) is 4.11. The summed E-state index contributed by atoms with van der Waals surface area (Å²) < 4.78 is 0.407. The summed E-state index contributed by atoms with van der Waals surface area (Å²) in [5.41, 5.74) is 0.914. The Morgan fingerprint density at radius 3 is 2.74 bits per heavy atom. The standard InChI is InChI=1S/C12H6Cl2N2O2S/c13-6-1-2-9-8(3-6)10(17)11(18)16(9)5-7-4-15-12(14)19-7/h1-4H,5H2. The predicted octanol–water partition coefficient (Wildman–Crippen LogP) is 3.18. The molecule has 19 heavy (non-hydrogen) atoms. The van der Waals surface area contributed by atoms with Crippen molar-refractivity contribution in [1.82, 2.24) is 4.98 Å². The van der Waals surface area contributed by atoms with Crippen molar-refractivity contribution in [2.45, 2.75) is 6.54 Å². The zero-order valence-electron chi connectivity index (χ0n) is 9.39. The molecule has 0 aliphatic carbocycles. The van der Waals surface area contributed by atoms with Gasteiger partial charge in [0.25, 0.3) is 11.7 Å². The molecule has 0 atom stereocenters. The SMILES string of the molecule is O=C1C(=O)N(Cc2cnc(Cl)s2)c2ccc(Cl)cc21. The number of hydrogen-bond donors (Lipinski definition) is 0. The lowest BCUT2D eigenvalue weighted by Gasteiger charge is -2.14. The van der Waals surface area contributed by atoms with Crippen molar-refractivity contribution in [1.29, 1.82) is 0 Å². The lowest BCUT2D eigenvalue weighted by atomic mass is 10.1. The normalized spacial score (nSPS) is 14.1. The first-order chi connectivity index (χ1) is 9.06. The third kappa shape index (κ3) is 2.14. The van der Waals surface area contributed by atoms with E-state index in [4.69, 9.17) is 23.2 Å². The van der Waals surface area contributed by atoms with E-state index in [1.807, 2.05) is 0 Å². The fraction of sp³-hybridized carbons (Fsp3) is 0.0833. The molecule has 2 heterocycles.